The zero-order chi connectivity index (χ0) is 46.6. The molecule has 0 saturated carbocycles. The van der Waals surface area contributed by atoms with Crippen LogP contribution in [-0.2, 0) is 25.7 Å². The van der Waals surface area contributed by atoms with Crippen molar-refractivity contribution in [1.29, 1.82) is 0 Å². The first-order valence-corrected chi connectivity index (χ1v) is 24.3. The maximum absolute atomic E-state index is 5.20. The van der Waals surface area contributed by atoms with Gasteiger partial charge >= 0.3 is 0 Å². The van der Waals surface area contributed by atoms with Crippen LogP contribution in [0.25, 0.3) is 99.5 Å². The van der Waals surface area contributed by atoms with Crippen molar-refractivity contribution in [3.8, 4) is 67.2 Å². The Labute approximate surface area is 409 Å². The van der Waals surface area contributed by atoms with Gasteiger partial charge in [0.1, 0.15) is 0 Å². The molecule has 3 heterocycles. The highest BCUT2D eigenvalue weighted by molar-refractivity contribution is 6.25. The molecular formula is C67H49N3. The third-order valence-corrected chi connectivity index (χ3v) is 13.8. The van der Waals surface area contributed by atoms with Crippen LogP contribution in [0.2, 0.25) is 0 Å². The molecule has 3 aromatic heterocycles. The van der Waals surface area contributed by atoms with Gasteiger partial charge < -0.3 is 0 Å². The molecule has 0 spiro atoms. The number of benzene rings is 9. The molecule has 0 radical (unpaired) electrons. The Morgan fingerprint density at radius 3 is 1.16 bits per heavy atom. The molecule has 0 bridgehead atoms. The van der Waals surface area contributed by atoms with E-state index in [0.717, 1.165) is 81.7 Å². The molecule has 0 unspecified atom stereocenters. The number of aromatic nitrogens is 3. The molecule has 0 atom stereocenters. The second-order valence-electron chi connectivity index (χ2n) is 18.3. The molecule has 70 heavy (non-hydrogen) atoms. The zero-order valence-corrected chi connectivity index (χ0v) is 38.8. The summed E-state index contributed by atoms with van der Waals surface area (Å²) in [5.41, 5.74) is 18.3. The van der Waals surface area contributed by atoms with Crippen molar-refractivity contribution >= 4 is 32.3 Å². The van der Waals surface area contributed by atoms with Crippen LogP contribution in [0, 0.1) is 0 Å². The third-order valence-electron chi connectivity index (χ3n) is 13.8. The number of hydrogen-bond donors (Lipinski definition) is 0. The van der Waals surface area contributed by atoms with Gasteiger partial charge in [0.2, 0.25) is 0 Å². The molecule has 332 valence electrons. The Morgan fingerprint density at radius 1 is 0.214 bits per heavy atom. The van der Waals surface area contributed by atoms with E-state index in [2.05, 4.69) is 225 Å². The van der Waals surface area contributed by atoms with Crippen LogP contribution in [0.1, 0.15) is 22.3 Å². The number of nitrogens with zero attached hydrogens (tertiary/aromatic N) is 3. The van der Waals surface area contributed by atoms with Gasteiger partial charge in [-0.15, -0.1) is 0 Å². The van der Waals surface area contributed by atoms with Crippen molar-refractivity contribution in [2.75, 3.05) is 0 Å². The summed E-state index contributed by atoms with van der Waals surface area (Å²) in [6.45, 7) is 0. The summed E-state index contributed by atoms with van der Waals surface area (Å²) in [6, 6.07) is 83.1. The fraction of sp³-hybridized carbons (Fsp3) is 0.0597. The first-order valence-electron chi connectivity index (χ1n) is 24.3. The van der Waals surface area contributed by atoms with Crippen molar-refractivity contribution in [2.45, 2.75) is 25.7 Å². The van der Waals surface area contributed by atoms with E-state index in [4.69, 9.17) is 15.0 Å². The molecule has 0 aliphatic carbocycles. The normalized spacial score (nSPS) is 11.4. The van der Waals surface area contributed by atoms with E-state index in [-0.39, 0.29) is 0 Å². The molecule has 12 aromatic rings. The number of fused-ring (bicyclic) bond motifs is 6. The first kappa shape index (κ1) is 42.6. The van der Waals surface area contributed by atoms with Gasteiger partial charge in [0, 0.05) is 40.8 Å². The van der Waals surface area contributed by atoms with Crippen molar-refractivity contribution < 1.29 is 0 Å². The van der Waals surface area contributed by atoms with Gasteiger partial charge in [-0.05, 0) is 132 Å². The molecule has 0 fully saturated rings. The highest BCUT2D eigenvalue weighted by atomic mass is 14.7. The lowest BCUT2D eigenvalue weighted by atomic mass is 9.86. The maximum Gasteiger partial charge on any atom is 0.0708 e. The van der Waals surface area contributed by atoms with Gasteiger partial charge in [-0.1, -0.05) is 206 Å². The summed E-state index contributed by atoms with van der Waals surface area (Å²) < 4.78 is 0. The average molecular weight is 896 g/mol. The van der Waals surface area contributed by atoms with E-state index >= 15 is 0 Å². The molecule has 0 N–H and O–H groups in total. The van der Waals surface area contributed by atoms with Gasteiger partial charge in [0.05, 0.1) is 17.1 Å². The Bertz CT molecular complexity index is 3650. The second-order valence-corrected chi connectivity index (χ2v) is 18.3. The zero-order valence-electron chi connectivity index (χ0n) is 38.8. The second kappa shape index (κ2) is 19.1. The Hall–Kier alpha value is -8.79. The monoisotopic (exact) mass is 895 g/mol. The molecule has 12 rings (SSSR count). The quantitative estimate of drug-likeness (QED) is 0.115. The lowest BCUT2D eigenvalue weighted by Crippen LogP contribution is -1.99. The predicted octanol–water partition coefficient (Wildman–Crippen LogP) is 16.9. The van der Waals surface area contributed by atoms with Gasteiger partial charge in [-0.3, -0.25) is 15.0 Å². The Morgan fingerprint density at radius 2 is 0.643 bits per heavy atom. The molecular weight excluding hydrogens is 847 g/mol. The van der Waals surface area contributed by atoms with E-state index in [1.807, 2.05) is 24.5 Å². The van der Waals surface area contributed by atoms with Crippen LogP contribution in [0.4, 0.5) is 0 Å². The number of rotatable bonds is 12. The molecule has 0 aliphatic rings. The molecule has 3 nitrogen and oxygen atoms in total. The van der Waals surface area contributed by atoms with Gasteiger partial charge in [-0.25, -0.2) is 0 Å². The van der Waals surface area contributed by atoms with Crippen LogP contribution < -0.4 is 0 Å². The third kappa shape index (κ3) is 8.66. The van der Waals surface area contributed by atoms with E-state index in [0.29, 0.717) is 0 Å². The largest absolute Gasteiger partial charge is 0.256 e. The summed E-state index contributed by atoms with van der Waals surface area (Å²) in [7, 11) is 0. The number of hydrogen-bond acceptors (Lipinski definition) is 3. The minimum absolute atomic E-state index is 0.887. The fourth-order valence-corrected chi connectivity index (χ4v) is 10.2. The van der Waals surface area contributed by atoms with Crippen molar-refractivity contribution in [1.82, 2.24) is 15.0 Å². The van der Waals surface area contributed by atoms with Crippen molar-refractivity contribution in [3.63, 3.8) is 0 Å². The molecule has 3 heteroatoms. The summed E-state index contributed by atoms with van der Waals surface area (Å²) in [5, 5.41) is 7.57. The van der Waals surface area contributed by atoms with Crippen LogP contribution in [0.3, 0.4) is 0 Å². The molecule has 0 saturated heterocycles. The van der Waals surface area contributed by atoms with Crippen molar-refractivity contribution in [3.05, 3.63) is 271 Å². The minimum atomic E-state index is 0.887. The van der Waals surface area contributed by atoms with Crippen LogP contribution in [0.15, 0.2) is 249 Å². The van der Waals surface area contributed by atoms with Crippen molar-refractivity contribution in [2.24, 2.45) is 0 Å². The van der Waals surface area contributed by atoms with E-state index in [9.17, 15) is 0 Å². The highest BCUT2D eigenvalue weighted by Crippen LogP contribution is 2.43. The van der Waals surface area contributed by atoms with Gasteiger partial charge in [0.25, 0.3) is 0 Å². The molecule has 9 aromatic carbocycles. The van der Waals surface area contributed by atoms with E-state index < -0.39 is 0 Å². The van der Waals surface area contributed by atoms with E-state index in [1.54, 1.807) is 0 Å². The molecule has 0 amide bonds. The average Bonchev–Trinajstić information content (AvgIpc) is 3.45. The van der Waals surface area contributed by atoms with Gasteiger partial charge in [0.15, 0.2) is 0 Å². The Balaban J connectivity index is 0.953. The van der Waals surface area contributed by atoms with Crippen LogP contribution >= 0.6 is 0 Å². The standard InChI is InChI=1S/C67H49N3/c1-4-16-50(17-5-1)65-36-32-46(43-68-65)28-30-48-38-49(31-29-47-33-37-66(69-44-47)51-18-6-2-7-19-51)40-54(39-48)55-22-10-11-23-56(55)64-45-70-67(52-20-8-3-9-21-52)42-62(64)53-34-35-61-59-26-13-12-24-57(59)58-25-14-15-27-60(58)63(61)41-53/h1-27,32-45H,28-31H2. The predicted molar refractivity (Wildman–Crippen MR) is 293 cm³/mol. The SMILES string of the molecule is c1ccc(-c2ccc(CCc3cc(CCc4ccc(-c5ccccc5)nc4)cc(-c4ccccc4-c4cnc(-c5ccccc5)cc4-c4ccc5c6ccccc6c6ccccc6c5c4)c3)cn2)cc1. The Kier molecular flexibility index (Phi) is 11.6. The summed E-state index contributed by atoms with van der Waals surface area (Å²) in [5.74, 6) is 0. The number of pyridine rings is 3. The van der Waals surface area contributed by atoms with Crippen LogP contribution in [0.5, 0.6) is 0 Å². The number of aryl methyl sites for hydroxylation is 4. The minimum Gasteiger partial charge on any atom is -0.256 e. The molecule has 0 aliphatic heterocycles. The topological polar surface area (TPSA) is 38.7 Å². The van der Waals surface area contributed by atoms with Crippen LogP contribution in [-0.4, -0.2) is 15.0 Å². The van der Waals surface area contributed by atoms with E-state index in [1.165, 1.54) is 65.7 Å². The summed E-state index contributed by atoms with van der Waals surface area (Å²) in [6.07, 6.45) is 9.74. The highest BCUT2D eigenvalue weighted by Gasteiger charge is 2.18. The lowest BCUT2D eigenvalue weighted by Gasteiger charge is -2.18. The van der Waals surface area contributed by atoms with Gasteiger partial charge in [-0.2, -0.15) is 0 Å². The summed E-state index contributed by atoms with van der Waals surface area (Å²) in [4.78, 5) is 14.9. The lowest BCUT2D eigenvalue weighted by molar-refractivity contribution is 0.923. The fourth-order valence-electron chi connectivity index (χ4n) is 10.2. The maximum atomic E-state index is 5.20. The summed E-state index contributed by atoms with van der Waals surface area (Å²) >= 11 is 0. The first-order chi connectivity index (χ1) is 34.7. The smallest absolute Gasteiger partial charge is 0.0708 e.